The number of rotatable bonds is 5. The van der Waals surface area contributed by atoms with Gasteiger partial charge in [-0.05, 0) is 41.4 Å². The number of thiophene rings is 1. The number of hydrogen-bond donors (Lipinski definition) is 1. The van der Waals surface area contributed by atoms with Crippen LogP contribution in [0.3, 0.4) is 0 Å². The van der Waals surface area contributed by atoms with Gasteiger partial charge in [-0.15, -0.1) is 11.3 Å². The second-order valence-corrected chi connectivity index (χ2v) is 10.1. The van der Waals surface area contributed by atoms with Gasteiger partial charge in [0.1, 0.15) is 11.4 Å². The normalized spacial score (nSPS) is 14.2. The lowest BCUT2D eigenvalue weighted by Crippen LogP contribution is -2.34. The van der Waals surface area contributed by atoms with Gasteiger partial charge in [0, 0.05) is 10.6 Å². The number of aromatic nitrogens is 2. The summed E-state index contributed by atoms with van der Waals surface area (Å²) in [6, 6.07) is 18.2. The van der Waals surface area contributed by atoms with E-state index in [1.54, 1.807) is 11.3 Å². The first-order valence-corrected chi connectivity index (χ1v) is 12.6. The molecule has 0 spiro atoms. The minimum absolute atomic E-state index is 0.0341. The molecular weight excluding hydrogens is 438 g/mol. The lowest BCUT2D eigenvalue weighted by molar-refractivity contribution is -0.122. The highest BCUT2D eigenvalue weighted by molar-refractivity contribution is 7.98. The van der Waals surface area contributed by atoms with Crippen molar-refractivity contribution in [3.63, 3.8) is 0 Å². The number of amides is 1. The molecule has 1 amide bonds. The second-order valence-electron chi connectivity index (χ2n) is 7.94. The van der Waals surface area contributed by atoms with Crippen LogP contribution in [0.5, 0.6) is 0 Å². The summed E-state index contributed by atoms with van der Waals surface area (Å²) in [4.78, 5) is 32.3. The van der Waals surface area contributed by atoms with Crippen molar-refractivity contribution in [2.45, 2.75) is 31.7 Å². The van der Waals surface area contributed by atoms with E-state index in [9.17, 15) is 9.59 Å². The molecule has 5 rings (SSSR count). The van der Waals surface area contributed by atoms with E-state index in [0.29, 0.717) is 5.39 Å². The summed E-state index contributed by atoms with van der Waals surface area (Å²) in [6.07, 6.45) is 2.39. The Bertz CT molecular complexity index is 1330. The van der Waals surface area contributed by atoms with Crippen LogP contribution in [-0.2, 0) is 23.5 Å². The van der Waals surface area contributed by atoms with Gasteiger partial charge in [0.25, 0.3) is 5.56 Å². The van der Waals surface area contributed by atoms with Crippen molar-refractivity contribution >= 4 is 39.2 Å². The first-order valence-electron chi connectivity index (χ1n) is 10.6. The fraction of sp³-hybridized carbons (Fsp3) is 0.240. The largest absolute Gasteiger partial charge is 0.348 e. The molecule has 0 aliphatic carbocycles. The maximum absolute atomic E-state index is 13.1. The minimum atomic E-state index is -0.201. The highest BCUT2D eigenvalue weighted by atomic mass is 32.2. The summed E-state index contributed by atoms with van der Waals surface area (Å²) in [5.41, 5.74) is 4.32. The van der Waals surface area contributed by atoms with E-state index in [4.69, 9.17) is 0 Å². The molecule has 0 radical (unpaired) electrons. The molecule has 1 aliphatic heterocycles. The van der Waals surface area contributed by atoms with Crippen LogP contribution in [-0.4, -0.2) is 21.2 Å². The zero-order chi connectivity index (χ0) is 22.1. The fourth-order valence-corrected chi connectivity index (χ4v) is 6.39. The number of thioether (sulfide) groups is 1. The summed E-state index contributed by atoms with van der Waals surface area (Å²) < 4.78 is 1.43. The summed E-state index contributed by atoms with van der Waals surface area (Å²) >= 11 is 3.49. The molecule has 7 heteroatoms. The number of carbonyl (C=O) groups is 1. The third-order valence-electron chi connectivity index (χ3n) is 5.80. The first kappa shape index (κ1) is 21.0. The van der Waals surface area contributed by atoms with Gasteiger partial charge in [-0.1, -0.05) is 54.6 Å². The van der Waals surface area contributed by atoms with Crippen LogP contribution in [0.2, 0.25) is 0 Å². The molecule has 2 aromatic carbocycles. The molecule has 32 heavy (non-hydrogen) atoms. The average molecular weight is 462 g/mol. The molecular formula is C25H23N3O2S2. The van der Waals surface area contributed by atoms with Gasteiger partial charge < -0.3 is 5.32 Å². The molecule has 0 bridgehead atoms. The summed E-state index contributed by atoms with van der Waals surface area (Å²) in [6.45, 7) is 1.92. The molecule has 0 fully saturated rings. The molecule has 1 aliphatic rings. The van der Waals surface area contributed by atoms with E-state index >= 15 is 0 Å². The van der Waals surface area contributed by atoms with E-state index in [0.717, 1.165) is 45.0 Å². The smallest absolute Gasteiger partial charge is 0.262 e. The maximum Gasteiger partial charge on any atom is 0.262 e. The number of hydrogen-bond acceptors (Lipinski definition) is 5. The van der Waals surface area contributed by atoms with Crippen LogP contribution in [0.25, 0.3) is 21.3 Å². The topological polar surface area (TPSA) is 64.0 Å². The van der Waals surface area contributed by atoms with E-state index < -0.39 is 0 Å². The molecule has 162 valence electrons. The average Bonchev–Trinajstić information content (AvgIpc) is 3.21. The SMILES string of the molecule is C[C@H](NC(=O)Cn1cnc2sc3c(c2c1=O)CCSC3)c1ccc(-c2ccccc2)cc1. The van der Waals surface area contributed by atoms with Crippen LogP contribution in [0.4, 0.5) is 0 Å². The summed E-state index contributed by atoms with van der Waals surface area (Å²) in [5.74, 6) is 1.76. The van der Waals surface area contributed by atoms with Crippen LogP contribution in [0.15, 0.2) is 65.7 Å². The van der Waals surface area contributed by atoms with Crippen molar-refractivity contribution in [1.82, 2.24) is 14.9 Å². The van der Waals surface area contributed by atoms with E-state index in [1.165, 1.54) is 15.8 Å². The second kappa shape index (κ2) is 8.92. The standard InChI is InChI=1S/C25H23N3O2S2/c1-16(17-7-9-19(10-8-17)18-5-3-2-4-6-18)27-22(29)13-28-15-26-24-23(25(28)30)20-11-12-31-14-21(20)32-24/h2-10,15-16H,11-14H2,1H3,(H,27,29)/t16-/m0/s1. The van der Waals surface area contributed by atoms with E-state index in [1.807, 2.05) is 49.0 Å². The quantitative estimate of drug-likeness (QED) is 0.464. The van der Waals surface area contributed by atoms with Crippen molar-refractivity contribution < 1.29 is 4.79 Å². The third-order valence-corrected chi connectivity index (χ3v) is 8.11. The molecule has 0 saturated heterocycles. The zero-order valence-corrected chi connectivity index (χ0v) is 19.3. The number of nitrogens with zero attached hydrogens (tertiary/aromatic N) is 2. The van der Waals surface area contributed by atoms with E-state index in [-0.39, 0.29) is 24.1 Å². The van der Waals surface area contributed by atoms with Crippen molar-refractivity contribution in [2.24, 2.45) is 0 Å². The number of aryl methyl sites for hydroxylation is 1. The monoisotopic (exact) mass is 461 g/mol. The van der Waals surface area contributed by atoms with Crippen molar-refractivity contribution in [3.05, 3.63) is 87.3 Å². The highest BCUT2D eigenvalue weighted by Gasteiger charge is 2.21. The molecule has 2 aromatic heterocycles. The Hall–Kier alpha value is -2.90. The molecule has 5 nitrogen and oxygen atoms in total. The van der Waals surface area contributed by atoms with E-state index in [2.05, 4.69) is 34.6 Å². The molecule has 0 unspecified atom stereocenters. The predicted molar refractivity (Wildman–Crippen MR) is 132 cm³/mol. The maximum atomic E-state index is 13.1. The van der Waals surface area contributed by atoms with Gasteiger partial charge in [-0.25, -0.2) is 4.98 Å². The Kier molecular flexibility index (Phi) is 5.85. The van der Waals surface area contributed by atoms with Crippen molar-refractivity contribution in [1.29, 1.82) is 0 Å². The van der Waals surface area contributed by atoms with Gasteiger partial charge in [0.05, 0.1) is 17.8 Å². The number of benzene rings is 2. The molecule has 4 aromatic rings. The van der Waals surface area contributed by atoms with Crippen molar-refractivity contribution in [2.75, 3.05) is 5.75 Å². The van der Waals surface area contributed by atoms with Gasteiger partial charge in [-0.2, -0.15) is 11.8 Å². The summed E-state index contributed by atoms with van der Waals surface area (Å²) in [5, 5.41) is 3.71. The van der Waals surface area contributed by atoms with Crippen LogP contribution >= 0.6 is 23.1 Å². The number of carbonyl (C=O) groups excluding carboxylic acids is 1. The molecule has 1 N–H and O–H groups in total. The Morgan fingerprint density at radius 2 is 1.88 bits per heavy atom. The molecule has 3 heterocycles. The van der Waals surface area contributed by atoms with Gasteiger partial charge in [0.2, 0.25) is 5.91 Å². The fourth-order valence-electron chi connectivity index (χ4n) is 4.08. The Morgan fingerprint density at radius 1 is 1.12 bits per heavy atom. The van der Waals surface area contributed by atoms with Gasteiger partial charge >= 0.3 is 0 Å². The first-order chi connectivity index (χ1) is 15.6. The van der Waals surface area contributed by atoms with Crippen LogP contribution < -0.4 is 10.9 Å². The summed E-state index contributed by atoms with van der Waals surface area (Å²) in [7, 11) is 0. The molecule has 0 saturated carbocycles. The number of nitrogens with one attached hydrogen (secondary N) is 1. The van der Waals surface area contributed by atoms with Crippen LogP contribution in [0, 0.1) is 0 Å². The Labute approximate surface area is 194 Å². The lowest BCUT2D eigenvalue weighted by atomic mass is 10.0. The molecule has 1 atom stereocenters. The lowest BCUT2D eigenvalue weighted by Gasteiger charge is -2.16. The van der Waals surface area contributed by atoms with Gasteiger partial charge in [0.15, 0.2) is 0 Å². The van der Waals surface area contributed by atoms with Crippen molar-refractivity contribution in [3.8, 4) is 11.1 Å². The highest BCUT2D eigenvalue weighted by Crippen LogP contribution is 2.35. The Balaban J connectivity index is 1.30. The van der Waals surface area contributed by atoms with Gasteiger partial charge in [-0.3, -0.25) is 14.2 Å². The predicted octanol–water partition coefficient (Wildman–Crippen LogP) is 4.79. The minimum Gasteiger partial charge on any atom is -0.348 e. The zero-order valence-electron chi connectivity index (χ0n) is 17.7. The Morgan fingerprint density at radius 3 is 2.66 bits per heavy atom. The number of fused-ring (bicyclic) bond motifs is 3. The van der Waals surface area contributed by atoms with Crippen LogP contribution in [0.1, 0.15) is 29.0 Å². The third kappa shape index (κ3) is 4.10.